The molecule has 6 heteroatoms. The third-order valence-electron chi connectivity index (χ3n) is 5.82. The van der Waals surface area contributed by atoms with Gasteiger partial charge in [-0.1, -0.05) is 6.42 Å². The molecule has 1 aromatic heterocycles. The van der Waals surface area contributed by atoms with E-state index >= 15 is 0 Å². The molecule has 1 saturated carbocycles. The molecule has 0 N–H and O–H groups in total. The molecule has 0 unspecified atom stereocenters. The Hall–Kier alpha value is -1.98. The predicted molar refractivity (Wildman–Crippen MR) is 99.7 cm³/mol. The summed E-state index contributed by atoms with van der Waals surface area (Å²) in [6, 6.07) is -0.0480. The summed E-state index contributed by atoms with van der Waals surface area (Å²) in [5.41, 5.74) is 1.26. The molecule has 2 heterocycles. The van der Waals surface area contributed by atoms with Crippen LogP contribution in [0.1, 0.15) is 80.3 Å². The molecule has 26 heavy (non-hydrogen) atoms. The first-order chi connectivity index (χ1) is 12.6. The van der Waals surface area contributed by atoms with Gasteiger partial charge < -0.3 is 9.80 Å². The van der Waals surface area contributed by atoms with Gasteiger partial charge in [0.1, 0.15) is 0 Å². The van der Waals surface area contributed by atoms with Crippen molar-refractivity contribution in [2.45, 2.75) is 65.3 Å². The highest BCUT2D eigenvalue weighted by Crippen LogP contribution is 2.35. The van der Waals surface area contributed by atoms with E-state index in [9.17, 15) is 9.59 Å². The van der Waals surface area contributed by atoms with Crippen molar-refractivity contribution in [2.24, 2.45) is 5.92 Å². The number of aromatic nitrogens is 2. The average Bonchev–Trinajstić information content (AvgIpc) is 2.61. The maximum Gasteiger partial charge on any atom is 0.257 e. The van der Waals surface area contributed by atoms with E-state index in [4.69, 9.17) is 0 Å². The minimum Gasteiger partial charge on any atom is -0.339 e. The Balaban J connectivity index is 1.82. The zero-order chi connectivity index (χ0) is 18.7. The van der Waals surface area contributed by atoms with Crippen molar-refractivity contribution in [1.82, 2.24) is 19.8 Å². The monoisotopic (exact) mass is 358 g/mol. The number of piperidine rings is 1. The minimum atomic E-state index is -0.0480. The van der Waals surface area contributed by atoms with Gasteiger partial charge in [0.05, 0.1) is 17.3 Å². The molecular formula is C20H30N4O2. The molecular weight excluding hydrogens is 328 g/mol. The first-order valence-electron chi connectivity index (χ1n) is 10.00. The summed E-state index contributed by atoms with van der Waals surface area (Å²) in [5, 5.41) is 0. The van der Waals surface area contributed by atoms with E-state index in [2.05, 4.69) is 9.97 Å². The highest BCUT2D eigenvalue weighted by Gasteiger charge is 2.36. The molecule has 1 saturated heterocycles. The van der Waals surface area contributed by atoms with Gasteiger partial charge in [-0.05, 0) is 52.9 Å². The van der Waals surface area contributed by atoms with Crippen LogP contribution >= 0.6 is 0 Å². The molecule has 3 rings (SSSR count). The van der Waals surface area contributed by atoms with E-state index in [1.165, 1.54) is 0 Å². The molecule has 1 aliphatic heterocycles. The second kappa shape index (κ2) is 8.14. The fourth-order valence-electron chi connectivity index (χ4n) is 3.89. The van der Waals surface area contributed by atoms with Gasteiger partial charge in [-0.2, -0.15) is 0 Å². The molecule has 2 fully saturated rings. The van der Waals surface area contributed by atoms with Crippen LogP contribution in [-0.4, -0.2) is 51.2 Å². The summed E-state index contributed by atoms with van der Waals surface area (Å²) in [4.78, 5) is 38.3. The van der Waals surface area contributed by atoms with Crippen LogP contribution in [0.4, 0.5) is 0 Å². The van der Waals surface area contributed by atoms with E-state index in [-0.39, 0.29) is 23.8 Å². The molecule has 1 aliphatic carbocycles. The van der Waals surface area contributed by atoms with Crippen molar-refractivity contribution >= 4 is 11.8 Å². The van der Waals surface area contributed by atoms with Crippen LogP contribution in [0.15, 0.2) is 6.20 Å². The zero-order valence-electron chi connectivity index (χ0n) is 16.2. The number of carbonyl (C=O) groups is 2. The Morgan fingerprint density at radius 2 is 1.88 bits per heavy atom. The molecule has 0 radical (unpaired) electrons. The van der Waals surface area contributed by atoms with E-state index < -0.39 is 0 Å². The molecule has 2 amide bonds. The first-order valence-corrected chi connectivity index (χ1v) is 10.00. The predicted octanol–water partition coefficient (Wildman–Crippen LogP) is 3.12. The van der Waals surface area contributed by atoms with Crippen molar-refractivity contribution in [3.63, 3.8) is 0 Å². The summed E-state index contributed by atoms with van der Waals surface area (Å²) in [5.74, 6) is 1.13. The number of aryl methyl sites for hydroxylation is 1. The van der Waals surface area contributed by atoms with Crippen molar-refractivity contribution in [3.8, 4) is 0 Å². The molecule has 6 nitrogen and oxygen atoms in total. The lowest BCUT2D eigenvalue weighted by Crippen LogP contribution is -2.44. The van der Waals surface area contributed by atoms with Gasteiger partial charge in [0, 0.05) is 31.7 Å². The fourth-order valence-corrected chi connectivity index (χ4v) is 3.89. The van der Waals surface area contributed by atoms with Crippen LogP contribution in [0, 0.1) is 12.8 Å². The SMILES string of the molecule is CCN(CC)C(=O)c1cnc([C@@H]2CCCCN2C(=O)C2CCC2)nc1C. The van der Waals surface area contributed by atoms with E-state index in [1.807, 2.05) is 25.7 Å². The van der Waals surface area contributed by atoms with Crippen LogP contribution in [0.25, 0.3) is 0 Å². The van der Waals surface area contributed by atoms with E-state index in [0.29, 0.717) is 30.2 Å². The highest BCUT2D eigenvalue weighted by atomic mass is 16.2. The lowest BCUT2D eigenvalue weighted by Gasteiger charge is -2.39. The van der Waals surface area contributed by atoms with E-state index in [0.717, 1.165) is 45.1 Å². The molecule has 0 bridgehead atoms. The third-order valence-corrected chi connectivity index (χ3v) is 5.82. The Bertz CT molecular complexity index is 668. The molecule has 142 valence electrons. The van der Waals surface area contributed by atoms with Crippen molar-refractivity contribution in [1.29, 1.82) is 0 Å². The number of hydrogen-bond acceptors (Lipinski definition) is 4. The highest BCUT2D eigenvalue weighted by molar-refractivity contribution is 5.94. The summed E-state index contributed by atoms with van der Waals surface area (Å²) >= 11 is 0. The van der Waals surface area contributed by atoms with Gasteiger partial charge in [0.15, 0.2) is 5.82 Å². The Morgan fingerprint density at radius 1 is 1.15 bits per heavy atom. The number of amides is 2. The van der Waals surface area contributed by atoms with E-state index in [1.54, 1.807) is 11.1 Å². The fraction of sp³-hybridized carbons (Fsp3) is 0.700. The Kier molecular flexibility index (Phi) is 5.89. The maximum absolute atomic E-state index is 12.8. The van der Waals surface area contributed by atoms with Gasteiger partial charge in [-0.3, -0.25) is 9.59 Å². The standard InChI is InChI=1S/C20H30N4O2/c1-4-23(5-2)20(26)16-13-21-18(22-14(16)3)17-11-6-7-12-24(17)19(25)15-9-8-10-15/h13,15,17H,4-12H2,1-3H3/t17-/m0/s1. The van der Waals surface area contributed by atoms with Crippen LogP contribution in [0.3, 0.4) is 0 Å². The summed E-state index contributed by atoms with van der Waals surface area (Å²) in [6.07, 6.45) is 7.87. The average molecular weight is 358 g/mol. The molecule has 0 spiro atoms. The normalized spacial score (nSPS) is 20.6. The number of likely N-dealkylation sites (tertiary alicyclic amines) is 1. The van der Waals surface area contributed by atoms with Gasteiger partial charge in [-0.15, -0.1) is 0 Å². The number of rotatable bonds is 5. The van der Waals surface area contributed by atoms with Crippen molar-refractivity contribution < 1.29 is 9.59 Å². The lowest BCUT2D eigenvalue weighted by atomic mass is 9.83. The van der Waals surface area contributed by atoms with Crippen LogP contribution < -0.4 is 0 Å². The smallest absolute Gasteiger partial charge is 0.257 e. The molecule has 1 aromatic rings. The van der Waals surface area contributed by atoms with Crippen molar-refractivity contribution in [3.05, 3.63) is 23.3 Å². The van der Waals surface area contributed by atoms with Crippen LogP contribution in [0.5, 0.6) is 0 Å². The van der Waals surface area contributed by atoms with Gasteiger partial charge in [0.25, 0.3) is 5.91 Å². The second-order valence-corrected chi connectivity index (χ2v) is 7.38. The number of nitrogens with zero attached hydrogens (tertiary/aromatic N) is 4. The number of carbonyl (C=O) groups excluding carboxylic acids is 2. The topological polar surface area (TPSA) is 66.4 Å². The lowest BCUT2D eigenvalue weighted by molar-refractivity contribution is -0.142. The summed E-state index contributed by atoms with van der Waals surface area (Å²) in [6.45, 7) is 7.94. The molecule has 0 aromatic carbocycles. The summed E-state index contributed by atoms with van der Waals surface area (Å²) in [7, 11) is 0. The van der Waals surface area contributed by atoms with Crippen LogP contribution in [0.2, 0.25) is 0 Å². The van der Waals surface area contributed by atoms with Crippen molar-refractivity contribution in [2.75, 3.05) is 19.6 Å². The molecule has 2 aliphatic rings. The number of hydrogen-bond donors (Lipinski definition) is 0. The van der Waals surface area contributed by atoms with Gasteiger partial charge in [-0.25, -0.2) is 9.97 Å². The second-order valence-electron chi connectivity index (χ2n) is 7.38. The maximum atomic E-state index is 12.8. The van der Waals surface area contributed by atoms with Gasteiger partial charge >= 0.3 is 0 Å². The third kappa shape index (κ3) is 3.60. The minimum absolute atomic E-state index is 0.0231. The summed E-state index contributed by atoms with van der Waals surface area (Å²) < 4.78 is 0. The largest absolute Gasteiger partial charge is 0.339 e. The van der Waals surface area contributed by atoms with Gasteiger partial charge in [0.2, 0.25) is 5.91 Å². The quantitative estimate of drug-likeness (QED) is 0.811. The molecule has 1 atom stereocenters. The van der Waals surface area contributed by atoms with Crippen LogP contribution in [-0.2, 0) is 4.79 Å². The first kappa shape index (κ1) is 18.8. The zero-order valence-corrected chi connectivity index (χ0v) is 16.2. The Morgan fingerprint density at radius 3 is 2.46 bits per heavy atom. The Labute approximate surface area is 156 Å².